The summed E-state index contributed by atoms with van der Waals surface area (Å²) in [4.78, 5) is 10.9. The lowest BCUT2D eigenvalue weighted by atomic mass is 9.79. The topological polar surface area (TPSA) is 85.5 Å². The van der Waals surface area contributed by atoms with Crippen LogP contribution in [-0.4, -0.2) is 63.5 Å². The first-order valence-corrected chi connectivity index (χ1v) is 11.2. The number of rotatable bonds is 5. The predicted octanol–water partition coefficient (Wildman–Crippen LogP) is 4.19. The number of amidine groups is 1. The monoisotopic (exact) mass is 436 g/mol. The van der Waals surface area contributed by atoms with E-state index in [1.165, 1.54) is 0 Å². The number of nitrogens with zero attached hydrogens (tertiary/aromatic N) is 5. The fourth-order valence-corrected chi connectivity index (χ4v) is 4.75. The summed E-state index contributed by atoms with van der Waals surface area (Å²) >= 11 is 0. The molecule has 1 aromatic heterocycles. The lowest BCUT2D eigenvalue weighted by Gasteiger charge is -2.49. The molecule has 2 aliphatic heterocycles. The third-order valence-corrected chi connectivity index (χ3v) is 5.96. The Labute approximate surface area is 191 Å². The number of pyridine rings is 1. The first kappa shape index (κ1) is 23.9. The number of aromatic hydroxyl groups is 1. The Hall–Kier alpha value is -2.80. The summed E-state index contributed by atoms with van der Waals surface area (Å²) < 4.78 is 0. The van der Waals surface area contributed by atoms with Gasteiger partial charge in [0.25, 0.3) is 0 Å². The number of nitrogens with one attached hydrogen (secondary N) is 1. The van der Waals surface area contributed by atoms with Gasteiger partial charge in [0.1, 0.15) is 11.4 Å². The summed E-state index contributed by atoms with van der Waals surface area (Å²) in [7, 11) is 2.04. The molecule has 0 bridgehead atoms. The summed E-state index contributed by atoms with van der Waals surface area (Å²) in [6.45, 7) is 15.5. The van der Waals surface area contributed by atoms with E-state index in [1.54, 1.807) is 25.3 Å². The molecule has 0 amide bonds. The van der Waals surface area contributed by atoms with Gasteiger partial charge in [-0.1, -0.05) is 12.7 Å². The molecule has 0 saturated carbocycles. The van der Waals surface area contributed by atoms with Crippen molar-refractivity contribution in [3.63, 3.8) is 0 Å². The fourth-order valence-electron chi connectivity index (χ4n) is 4.75. The molecule has 3 heterocycles. The second kappa shape index (κ2) is 9.36. The second-order valence-corrected chi connectivity index (χ2v) is 9.99. The maximum atomic E-state index is 10.5. The second-order valence-electron chi connectivity index (χ2n) is 9.99. The van der Waals surface area contributed by atoms with Crippen LogP contribution < -0.4 is 5.32 Å². The van der Waals surface area contributed by atoms with Crippen LogP contribution in [-0.2, 0) is 0 Å². The van der Waals surface area contributed by atoms with Gasteiger partial charge in [0.2, 0.25) is 0 Å². The number of likely N-dealkylation sites (N-methyl/N-ethyl adjacent to an activating group) is 1. The van der Waals surface area contributed by atoms with Crippen molar-refractivity contribution < 1.29 is 5.11 Å². The van der Waals surface area contributed by atoms with Crippen molar-refractivity contribution in [2.24, 2.45) is 15.2 Å². The van der Waals surface area contributed by atoms with E-state index < -0.39 is 0 Å². The average Bonchev–Trinajstić information content (AvgIpc) is 2.72. The Balaban J connectivity index is 1.80. The van der Waals surface area contributed by atoms with Crippen molar-refractivity contribution in [1.82, 2.24) is 15.2 Å². The van der Waals surface area contributed by atoms with Crippen LogP contribution in [0.5, 0.6) is 5.75 Å². The van der Waals surface area contributed by atoms with Crippen LogP contribution in [0.1, 0.15) is 65.1 Å². The number of aromatic nitrogens is 1. The van der Waals surface area contributed by atoms with E-state index in [9.17, 15) is 5.11 Å². The molecule has 7 heteroatoms. The fraction of sp³-hybridized carbons (Fsp3) is 0.520. The lowest BCUT2D eigenvalue weighted by molar-refractivity contribution is 0.114. The van der Waals surface area contributed by atoms with E-state index in [0.717, 1.165) is 36.9 Å². The van der Waals surface area contributed by atoms with Crippen molar-refractivity contribution in [2.75, 3.05) is 13.6 Å². The van der Waals surface area contributed by atoms with E-state index in [1.807, 2.05) is 13.3 Å². The Morgan fingerprint density at radius 3 is 2.50 bits per heavy atom. The number of hydrogen-bond acceptors (Lipinski definition) is 6. The zero-order valence-electron chi connectivity index (χ0n) is 20.2. The number of dihydropyridines is 1. The molecule has 0 unspecified atom stereocenters. The zero-order chi connectivity index (χ0) is 23.5. The molecule has 0 aliphatic carbocycles. The third kappa shape index (κ3) is 5.71. The maximum absolute atomic E-state index is 10.5. The van der Waals surface area contributed by atoms with Gasteiger partial charge in [0, 0.05) is 48.7 Å². The smallest absolute Gasteiger partial charge is 0.150 e. The Morgan fingerprint density at radius 2 is 1.94 bits per heavy atom. The summed E-state index contributed by atoms with van der Waals surface area (Å²) in [6, 6.07) is 2.01. The van der Waals surface area contributed by atoms with Gasteiger partial charge in [-0.3, -0.25) is 9.98 Å². The molecule has 2 N–H and O–H groups in total. The van der Waals surface area contributed by atoms with E-state index in [0.29, 0.717) is 23.3 Å². The average molecular weight is 437 g/mol. The summed E-state index contributed by atoms with van der Waals surface area (Å²) in [6.07, 6.45) is 10.3. The molecule has 2 aliphatic rings. The molecule has 1 saturated heterocycles. The molecule has 0 aromatic carbocycles. The van der Waals surface area contributed by atoms with Gasteiger partial charge in [0.15, 0.2) is 5.84 Å². The largest absolute Gasteiger partial charge is 0.506 e. The number of aliphatic imine (C=N–C) groups is 1. The highest BCUT2D eigenvalue weighted by Crippen LogP contribution is 2.31. The van der Waals surface area contributed by atoms with Crippen molar-refractivity contribution in [3.8, 4) is 5.75 Å². The number of piperidine rings is 1. The highest BCUT2D eigenvalue weighted by Gasteiger charge is 2.39. The van der Waals surface area contributed by atoms with E-state index in [-0.39, 0.29) is 16.8 Å². The highest BCUT2D eigenvalue weighted by molar-refractivity contribution is 6.10. The van der Waals surface area contributed by atoms with Gasteiger partial charge in [-0.25, -0.2) is 0 Å². The standard InChI is InChI=1S/C25H36N6O/c1-8-22(31(7)20-13-24(3,4)30-25(5,6)14-20)29-28-17(2)23-21(32)12-19(16-27-23)18-10-9-11-26-15-18/h8,10,12,15-16,20,30,32H,1,9,11,13-14H2,2-7H3/b28-17+,29-22+. The minimum atomic E-state index is 0.0298. The summed E-state index contributed by atoms with van der Waals surface area (Å²) in [5, 5.41) is 23.1. The van der Waals surface area contributed by atoms with Crippen LogP contribution in [0.25, 0.3) is 5.57 Å². The maximum Gasteiger partial charge on any atom is 0.150 e. The molecular formula is C25H36N6O. The molecule has 1 fully saturated rings. The van der Waals surface area contributed by atoms with Crippen LogP contribution in [0, 0.1) is 0 Å². The molecule has 0 spiro atoms. The summed E-state index contributed by atoms with van der Waals surface area (Å²) in [5.41, 5.74) is 2.83. The quantitative estimate of drug-likeness (QED) is 0.412. The van der Waals surface area contributed by atoms with Gasteiger partial charge < -0.3 is 15.3 Å². The van der Waals surface area contributed by atoms with Gasteiger partial charge >= 0.3 is 0 Å². The van der Waals surface area contributed by atoms with Crippen LogP contribution in [0.2, 0.25) is 0 Å². The zero-order valence-corrected chi connectivity index (χ0v) is 20.2. The van der Waals surface area contributed by atoms with Crippen molar-refractivity contribution >= 4 is 23.3 Å². The first-order valence-electron chi connectivity index (χ1n) is 11.2. The van der Waals surface area contributed by atoms with Crippen molar-refractivity contribution in [3.05, 3.63) is 42.3 Å². The highest BCUT2D eigenvalue weighted by atomic mass is 16.3. The van der Waals surface area contributed by atoms with Crippen LogP contribution >= 0.6 is 0 Å². The molecule has 1 aromatic rings. The van der Waals surface area contributed by atoms with E-state index in [2.05, 4.69) is 70.7 Å². The van der Waals surface area contributed by atoms with Gasteiger partial charge in [0.05, 0.1) is 5.71 Å². The molecule has 0 radical (unpaired) electrons. The first-order chi connectivity index (χ1) is 15.0. The van der Waals surface area contributed by atoms with Crippen LogP contribution in [0.15, 0.2) is 46.2 Å². The van der Waals surface area contributed by atoms with Crippen molar-refractivity contribution in [2.45, 2.75) is 71.0 Å². The number of allylic oxidation sites excluding steroid dienone is 1. The third-order valence-electron chi connectivity index (χ3n) is 5.96. The van der Waals surface area contributed by atoms with Crippen LogP contribution in [0.3, 0.4) is 0 Å². The van der Waals surface area contributed by atoms with Gasteiger partial charge in [-0.15, -0.1) is 5.10 Å². The Bertz CT molecular complexity index is 970. The van der Waals surface area contributed by atoms with Gasteiger partial charge in [-0.2, -0.15) is 5.10 Å². The van der Waals surface area contributed by atoms with E-state index in [4.69, 9.17) is 0 Å². The molecule has 0 atom stereocenters. The van der Waals surface area contributed by atoms with Crippen molar-refractivity contribution in [1.29, 1.82) is 0 Å². The molecule has 32 heavy (non-hydrogen) atoms. The van der Waals surface area contributed by atoms with Crippen LogP contribution in [0.4, 0.5) is 0 Å². The summed E-state index contributed by atoms with van der Waals surface area (Å²) in [5.74, 6) is 0.775. The minimum Gasteiger partial charge on any atom is -0.506 e. The molecule has 172 valence electrons. The normalized spacial score (nSPS) is 21.2. The Morgan fingerprint density at radius 1 is 1.25 bits per heavy atom. The predicted molar refractivity (Wildman–Crippen MR) is 134 cm³/mol. The van der Waals surface area contributed by atoms with Gasteiger partial charge in [-0.05, 0) is 71.6 Å². The SMILES string of the molecule is C=C/C(=N\N=C(/C)c1ncc(C2=CCCN=C2)cc1O)N(C)C1CC(C)(C)NC(C)(C)C1. The molecule has 3 rings (SSSR count). The Kier molecular flexibility index (Phi) is 6.98. The molecular weight excluding hydrogens is 400 g/mol. The molecule has 7 nitrogen and oxygen atoms in total. The van der Waals surface area contributed by atoms with E-state index >= 15 is 0 Å². The minimum absolute atomic E-state index is 0.0298. The number of hydrogen-bond donors (Lipinski definition) is 2. The lowest BCUT2D eigenvalue weighted by Crippen LogP contribution is -2.62.